The highest BCUT2D eigenvalue weighted by molar-refractivity contribution is 14.1. The molecule has 32 heavy (non-hydrogen) atoms. The third-order valence-corrected chi connectivity index (χ3v) is 6.08. The Hall–Kier alpha value is -2.63. The molecule has 1 fully saturated rings. The minimum absolute atomic E-state index is 0. The molecule has 3 N–H and O–H groups in total. The van der Waals surface area contributed by atoms with E-state index >= 15 is 0 Å². The van der Waals surface area contributed by atoms with Crippen molar-refractivity contribution in [2.75, 3.05) is 32.8 Å². The lowest BCUT2D eigenvalue weighted by atomic mass is 10.0. The Labute approximate surface area is 204 Å². The summed E-state index contributed by atoms with van der Waals surface area (Å²) in [6.07, 6.45) is 0. The molecule has 2 aliphatic rings. The number of halogens is 2. The van der Waals surface area contributed by atoms with Crippen LogP contribution in [0.5, 0.6) is 5.88 Å². The highest BCUT2D eigenvalue weighted by Gasteiger charge is 2.29. The number of nitrogens with one attached hydrogen (secondary N) is 2. The first kappa shape index (κ1) is 22.6. The second kappa shape index (κ2) is 9.47. The number of para-hydroxylation sites is 1. The molecular formula is C22H21ClIN5O3. The van der Waals surface area contributed by atoms with Crippen LogP contribution in [0.25, 0.3) is 10.9 Å². The molecule has 2 aromatic carbocycles. The molecule has 0 radical (unpaired) electrons. The van der Waals surface area contributed by atoms with Crippen molar-refractivity contribution in [2.24, 2.45) is 10.1 Å². The Balaban J connectivity index is 0.00000245. The molecule has 166 valence electrons. The predicted octanol–water partition coefficient (Wildman–Crippen LogP) is 3.19. The van der Waals surface area contributed by atoms with Crippen molar-refractivity contribution in [3.05, 3.63) is 57.2 Å². The Kier molecular flexibility index (Phi) is 6.68. The van der Waals surface area contributed by atoms with Crippen LogP contribution in [-0.2, 0) is 9.63 Å². The van der Waals surface area contributed by atoms with E-state index in [4.69, 9.17) is 9.83 Å². The van der Waals surface area contributed by atoms with E-state index in [0.29, 0.717) is 30.1 Å². The van der Waals surface area contributed by atoms with E-state index in [0.717, 1.165) is 38.8 Å². The van der Waals surface area contributed by atoms with E-state index in [1.54, 1.807) is 4.90 Å². The van der Waals surface area contributed by atoms with Gasteiger partial charge in [0.25, 0.3) is 5.91 Å². The number of hydrogen-bond donors (Lipinski definition) is 3. The van der Waals surface area contributed by atoms with Crippen molar-refractivity contribution in [1.82, 2.24) is 15.2 Å². The van der Waals surface area contributed by atoms with E-state index in [2.05, 4.69) is 38.0 Å². The maximum absolute atomic E-state index is 12.4. The molecule has 0 saturated carbocycles. The van der Waals surface area contributed by atoms with Crippen molar-refractivity contribution in [2.45, 2.75) is 0 Å². The average molecular weight is 566 g/mol. The SMILES string of the molecule is Cl.O=C(CO/N=C1/C(c2c(O)[nH]c3ccc(I)cc23)=Nc2ccccc21)N1CCNCC1. The molecule has 8 nitrogen and oxygen atoms in total. The van der Waals surface area contributed by atoms with Crippen LogP contribution >= 0.6 is 35.0 Å². The topological polar surface area (TPSA) is 102 Å². The Morgan fingerprint density at radius 2 is 2.00 bits per heavy atom. The lowest BCUT2D eigenvalue weighted by Crippen LogP contribution is -2.47. The zero-order chi connectivity index (χ0) is 21.4. The normalized spacial score (nSPS) is 16.6. The highest BCUT2D eigenvalue weighted by atomic mass is 127. The molecule has 0 atom stereocenters. The summed E-state index contributed by atoms with van der Waals surface area (Å²) in [6.45, 7) is 2.75. The van der Waals surface area contributed by atoms with E-state index in [1.807, 2.05) is 42.5 Å². The van der Waals surface area contributed by atoms with E-state index in [9.17, 15) is 9.90 Å². The van der Waals surface area contributed by atoms with Crippen molar-refractivity contribution in [1.29, 1.82) is 0 Å². The van der Waals surface area contributed by atoms with Gasteiger partial charge in [0.1, 0.15) is 11.4 Å². The maximum atomic E-state index is 12.4. The van der Waals surface area contributed by atoms with Gasteiger partial charge >= 0.3 is 0 Å². The van der Waals surface area contributed by atoms with Gasteiger partial charge in [0.2, 0.25) is 0 Å². The number of nitrogens with zero attached hydrogens (tertiary/aromatic N) is 3. The summed E-state index contributed by atoms with van der Waals surface area (Å²) in [4.78, 5) is 27.4. The van der Waals surface area contributed by atoms with Gasteiger partial charge in [-0.25, -0.2) is 4.99 Å². The standard InChI is InChI=1S/C22H20IN5O3.ClH/c23-13-5-6-17-15(11-13)19(22(30)26-17)21-20(14-3-1-2-4-16(14)25-21)27-31-12-18(29)28-9-7-24-8-10-28;/h1-6,11,24,26,30H,7-10,12H2;1H/b27-20+;. The molecular weight excluding hydrogens is 545 g/mol. The monoisotopic (exact) mass is 565 g/mol. The van der Waals surface area contributed by atoms with Gasteiger partial charge in [-0.1, -0.05) is 23.4 Å². The quantitative estimate of drug-likeness (QED) is 0.334. The number of benzene rings is 2. The second-order valence-electron chi connectivity index (χ2n) is 7.36. The summed E-state index contributed by atoms with van der Waals surface area (Å²) in [6, 6.07) is 13.5. The molecule has 1 amide bonds. The van der Waals surface area contributed by atoms with Crippen LogP contribution in [0.1, 0.15) is 11.1 Å². The van der Waals surface area contributed by atoms with Crippen LogP contribution in [0.3, 0.4) is 0 Å². The van der Waals surface area contributed by atoms with E-state index < -0.39 is 0 Å². The predicted molar refractivity (Wildman–Crippen MR) is 135 cm³/mol. The summed E-state index contributed by atoms with van der Waals surface area (Å²) >= 11 is 2.24. The molecule has 1 aromatic heterocycles. The molecule has 0 aliphatic carbocycles. The van der Waals surface area contributed by atoms with Gasteiger partial charge in [0, 0.05) is 46.2 Å². The number of aliphatic imine (C=N–C) groups is 1. The zero-order valence-corrected chi connectivity index (χ0v) is 19.9. The molecule has 5 rings (SSSR count). The number of amides is 1. The fourth-order valence-electron chi connectivity index (χ4n) is 3.89. The minimum atomic E-state index is -0.142. The zero-order valence-electron chi connectivity index (χ0n) is 17.0. The Bertz CT molecular complexity index is 1230. The molecule has 3 aromatic rings. The molecule has 1 saturated heterocycles. The van der Waals surface area contributed by atoms with Crippen LogP contribution in [0, 0.1) is 3.57 Å². The van der Waals surface area contributed by atoms with Crippen molar-refractivity contribution in [3.8, 4) is 5.88 Å². The van der Waals surface area contributed by atoms with Gasteiger partial charge in [0.15, 0.2) is 12.5 Å². The van der Waals surface area contributed by atoms with Crippen LogP contribution in [0.15, 0.2) is 52.6 Å². The summed E-state index contributed by atoms with van der Waals surface area (Å²) in [7, 11) is 0. The van der Waals surface area contributed by atoms with Gasteiger partial charge in [0.05, 0.1) is 11.3 Å². The summed E-state index contributed by atoms with van der Waals surface area (Å²) in [5, 5.41) is 19.0. The Morgan fingerprint density at radius 3 is 2.81 bits per heavy atom. The fourth-order valence-corrected chi connectivity index (χ4v) is 4.38. The van der Waals surface area contributed by atoms with Crippen LogP contribution < -0.4 is 5.32 Å². The van der Waals surface area contributed by atoms with Gasteiger partial charge < -0.3 is 25.1 Å². The largest absolute Gasteiger partial charge is 0.494 e. The molecule has 0 unspecified atom stereocenters. The van der Waals surface area contributed by atoms with Gasteiger partial charge in [-0.2, -0.15) is 0 Å². The van der Waals surface area contributed by atoms with Crippen molar-refractivity contribution < 1.29 is 14.7 Å². The van der Waals surface area contributed by atoms with E-state index in [-0.39, 0.29) is 30.8 Å². The third-order valence-electron chi connectivity index (χ3n) is 5.41. The number of aromatic amines is 1. The fraction of sp³-hybridized carbons (Fsp3) is 0.227. The first-order chi connectivity index (χ1) is 15.1. The van der Waals surface area contributed by atoms with Crippen molar-refractivity contribution in [3.63, 3.8) is 0 Å². The number of fused-ring (bicyclic) bond motifs is 2. The number of piperazine rings is 1. The number of carbonyl (C=O) groups excluding carboxylic acids is 1. The number of rotatable bonds is 4. The van der Waals surface area contributed by atoms with Gasteiger partial charge in [-0.05, 0) is 46.9 Å². The molecule has 0 bridgehead atoms. The molecule has 3 heterocycles. The number of aromatic nitrogens is 1. The lowest BCUT2D eigenvalue weighted by Gasteiger charge is -2.26. The second-order valence-corrected chi connectivity index (χ2v) is 8.61. The number of carbonyl (C=O) groups is 1. The number of aromatic hydroxyl groups is 1. The summed E-state index contributed by atoms with van der Waals surface area (Å²) in [5.41, 5.74) is 3.93. The number of hydrogen-bond acceptors (Lipinski definition) is 6. The average Bonchev–Trinajstić information content (AvgIpc) is 3.30. The van der Waals surface area contributed by atoms with Crippen molar-refractivity contribution >= 4 is 68.9 Å². The van der Waals surface area contributed by atoms with E-state index in [1.165, 1.54) is 0 Å². The smallest absolute Gasteiger partial charge is 0.263 e. The summed E-state index contributed by atoms with van der Waals surface area (Å²) < 4.78 is 1.04. The Morgan fingerprint density at radius 1 is 1.22 bits per heavy atom. The molecule has 0 spiro atoms. The van der Waals surface area contributed by atoms with Gasteiger partial charge in [-0.15, -0.1) is 12.4 Å². The first-order valence-electron chi connectivity index (χ1n) is 9.99. The number of oxime groups is 1. The highest BCUT2D eigenvalue weighted by Crippen LogP contribution is 2.36. The first-order valence-corrected chi connectivity index (χ1v) is 11.1. The molecule has 10 heteroatoms. The van der Waals surface area contributed by atoms with Crippen LogP contribution in [-0.4, -0.2) is 65.1 Å². The minimum Gasteiger partial charge on any atom is -0.494 e. The third kappa shape index (κ3) is 4.19. The van der Waals surface area contributed by atoms with Crippen LogP contribution in [0.4, 0.5) is 5.69 Å². The lowest BCUT2D eigenvalue weighted by molar-refractivity contribution is -0.136. The molecule has 2 aliphatic heterocycles. The summed E-state index contributed by atoms with van der Waals surface area (Å²) in [5.74, 6) is -0.0757. The van der Waals surface area contributed by atoms with Crippen LogP contribution in [0.2, 0.25) is 0 Å². The van der Waals surface area contributed by atoms with Gasteiger partial charge in [-0.3, -0.25) is 4.79 Å². The maximum Gasteiger partial charge on any atom is 0.263 e. The number of H-pyrrole nitrogens is 1.